The Morgan fingerprint density at radius 3 is 2.67 bits per heavy atom. The van der Waals surface area contributed by atoms with Crippen LogP contribution in [0.3, 0.4) is 0 Å². The lowest BCUT2D eigenvalue weighted by Gasteiger charge is -2.16. The van der Waals surface area contributed by atoms with E-state index in [-0.39, 0.29) is 18.0 Å². The van der Waals surface area contributed by atoms with E-state index in [0.717, 1.165) is 10.0 Å². The van der Waals surface area contributed by atoms with Gasteiger partial charge in [-0.05, 0) is 31.5 Å². The molecule has 0 saturated heterocycles. The van der Waals surface area contributed by atoms with Crippen LogP contribution in [0.5, 0.6) is 0 Å². The fourth-order valence-corrected chi connectivity index (χ4v) is 2.00. The Balaban J connectivity index is 2.69. The van der Waals surface area contributed by atoms with Crippen LogP contribution < -0.4 is 5.32 Å². The van der Waals surface area contributed by atoms with Crippen LogP contribution >= 0.6 is 15.9 Å². The second-order valence-electron chi connectivity index (χ2n) is 3.64. The Hall–Kier alpha value is -0.450. The van der Waals surface area contributed by atoms with Crippen LogP contribution in [-0.4, -0.2) is 17.8 Å². The normalized spacial score (nSPS) is 15.0. The molecule has 0 amide bonds. The van der Waals surface area contributed by atoms with Gasteiger partial charge in [0, 0.05) is 17.1 Å². The zero-order chi connectivity index (χ0) is 11.4. The van der Waals surface area contributed by atoms with Crippen molar-refractivity contribution in [1.82, 2.24) is 5.32 Å². The average Bonchev–Trinajstić information content (AvgIpc) is 2.14. The molecule has 0 spiro atoms. The summed E-state index contributed by atoms with van der Waals surface area (Å²) in [5, 5.41) is 12.3. The Morgan fingerprint density at radius 2 is 2.13 bits per heavy atom. The molecule has 0 fully saturated rings. The van der Waals surface area contributed by atoms with Gasteiger partial charge in [0.25, 0.3) is 0 Å². The van der Waals surface area contributed by atoms with Gasteiger partial charge in [-0.15, -0.1) is 0 Å². The molecule has 0 heterocycles. The first-order chi connectivity index (χ1) is 7.00. The summed E-state index contributed by atoms with van der Waals surface area (Å²) in [5.41, 5.74) is 0.983. The molecular formula is C11H15BrFNO. The van der Waals surface area contributed by atoms with E-state index in [9.17, 15) is 4.39 Å². The molecule has 0 saturated carbocycles. The van der Waals surface area contributed by atoms with Gasteiger partial charge >= 0.3 is 0 Å². The summed E-state index contributed by atoms with van der Waals surface area (Å²) < 4.78 is 13.6. The van der Waals surface area contributed by atoms with E-state index in [4.69, 9.17) is 5.11 Å². The van der Waals surface area contributed by atoms with E-state index >= 15 is 0 Å². The standard InChI is InChI=1S/C11H15BrFNO/c1-7(15)6-14-8(2)10-4-3-9(13)5-11(10)12/h3-5,7-8,14-15H,6H2,1-2H3/t7-,8?/m0/s1. The van der Waals surface area contributed by atoms with Crippen molar-refractivity contribution in [2.75, 3.05) is 6.54 Å². The number of aliphatic hydroxyl groups excluding tert-OH is 1. The molecule has 4 heteroatoms. The van der Waals surface area contributed by atoms with Gasteiger partial charge in [-0.1, -0.05) is 22.0 Å². The number of benzene rings is 1. The smallest absolute Gasteiger partial charge is 0.124 e. The largest absolute Gasteiger partial charge is 0.392 e. The molecule has 1 rings (SSSR count). The molecule has 1 aromatic rings. The lowest BCUT2D eigenvalue weighted by molar-refractivity contribution is 0.187. The topological polar surface area (TPSA) is 32.3 Å². The van der Waals surface area contributed by atoms with E-state index < -0.39 is 0 Å². The molecule has 0 aromatic heterocycles. The molecule has 0 bridgehead atoms. The molecule has 1 aromatic carbocycles. The summed E-state index contributed by atoms with van der Waals surface area (Å²) >= 11 is 3.31. The molecule has 0 radical (unpaired) electrons. The number of hydrogen-bond acceptors (Lipinski definition) is 2. The third-order valence-electron chi connectivity index (χ3n) is 2.15. The van der Waals surface area contributed by atoms with Crippen LogP contribution in [0.4, 0.5) is 4.39 Å². The first-order valence-corrected chi connectivity index (χ1v) is 5.66. The van der Waals surface area contributed by atoms with Crippen molar-refractivity contribution in [2.45, 2.75) is 26.0 Å². The molecule has 2 nitrogen and oxygen atoms in total. The zero-order valence-corrected chi connectivity index (χ0v) is 10.4. The predicted molar refractivity (Wildman–Crippen MR) is 62.2 cm³/mol. The van der Waals surface area contributed by atoms with E-state index in [0.29, 0.717) is 6.54 Å². The van der Waals surface area contributed by atoms with Crippen LogP contribution in [0.2, 0.25) is 0 Å². The van der Waals surface area contributed by atoms with Gasteiger partial charge < -0.3 is 10.4 Å². The van der Waals surface area contributed by atoms with E-state index in [1.165, 1.54) is 12.1 Å². The molecule has 15 heavy (non-hydrogen) atoms. The third kappa shape index (κ3) is 3.89. The highest BCUT2D eigenvalue weighted by Gasteiger charge is 2.10. The minimum absolute atomic E-state index is 0.0783. The van der Waals surface area contributed by atoms with E-state index in [2.05, 4.69) is 21.2 Å². The van der Waals surface area contributed by atoms with Gasteiger partial charge in [-0.2, -0.15) is 0 Å². The Labute approximate surface area is 97.6 Å². The summed E-state index contributed by atoms with van der Waals surface area (Å²) in [5.74, 6) is -0.256. The highest BCUT2D eigenvalue weighted by atomic mass is 79.9. The van der Waals surface area contributed by atoms with Gasteiger partial charge in [0.1, 0.15) is 5.82 Å². The molecule has 0 aliphatic rings. The van der Waals surface area contributed by atoms with Crippen molar-refractivity contribution < 1.29 is 9.50 Å². The molecule has 84 valence electrons. The fourth-order valence-electron chi connectivity index (χ4n) is 1.31. The maximum atomic E-state index is 12.8. The second-order valence-corrected chi connectivity index (χ2v) is 4.50. The van der Waals surface area contributed by atoms with Crippen molar-refractivity contribution in [1.29, 1.82) is 0 Å². The monoisotopic (exact) mass is 275 g/mol. The summed E-state index contributed by atoms with van der Waals surface area (Å²) in [6, 6.07) is 4.69. The fraction of sp³-hybridized carbons (Fsp3) is 0.455. The van der Waals surface area contributed by atoms with Crippen LogP contribution in [0.1, 0.15) is 25.5 Å². The third-order valence-corrected chi connectivity index (χ3v) is 2.84. The van der Waals surface area contributed by atoms with Crippen molar-refractivity contribution in [3.8, 4) is 0 Å². The number of rotatable bonds is 4. The number of aliphatic hydroxyl groups is 1. The highest BCUT2D eigenvalue weighted by Crippen LogP contribution is 2.23. The number of nitrogens with one attached hydrogen (secondary N) is 1. The van der Waals surface area contributed by atoms with Gasteiger partial charge in [0.15, 0.2) is 0 Å². The Morgan fingerprint density at radius 1 is 1.47 bits per heavy atom. The van der Waals surface area contributed by atoms with Crippen LogP contribution in [0, 0.1) is 5.82 Å². The summed E-state index contributed by atoms with van der Waals surface area (Å²) in [6.07, 6.45) is -0.383. The van der Waals surface area contributed by atoms with Gasteiger partial charge in [-0.3, -0.25) is 0 Å². The van der Waals surface area contributed by atoms with Crippen molar-refractivity contribution in [3.05, 3.63) is 34.1 Å². The minimum atomic E-state index is -0.383. The first-order valence-electron chi connectivity index (χ1n) is 4.87. The van der Waals surface area contributed by atoms with Crippen LogP contribution in [-0.2, 0) is 0 Å². The van der Waals surface area contributed by atoms with E-state index in [1.807, 2.05) is 6.92 Å². The number of hydrogen-bond donors (Lipinski definition) is 2. The Kier molecular flexibility index (Phi) is 4.70. The number of halogens is 2. The summed E-state index contributed by atoms with van der Waals surface area (Å²) in [7, 11) is 0. The zero-order valence-electron chi connectivity index (χ0n) is 8.80. The van der Waals surface area contributed by atoms with Crippen LogP contribution in [0.25, 0.3) is 0 Å². The lowest BCUT2D eigenvalue weighted by atomic mass is 10.1. The molecule has 0 aliphatic carbocycles. The summed E-state index contributed by atoms with van der Waals surface area (Å²) in [6.45, 7) is 4.21. The SMILES string of the molecule is CC(NC[C@H](C)O)c1ccc(F)cc1Br. The van der Waals surface area contributed by atoms with Gasteiger partial charge in [0.2, 0.25) is 0 Å². The molecule has 1 unspecified atom stereocenters. The molecule has 2 atom stereocenters. The second kappa shape index (κ2) is 5.58. The summed E-state index contributed by atoms with van der Waals surface area (Å²) in [4.78, 5) is 0. The molecule has 2 N–H and O–H groups in total. The maximum absolute atomic E-state index is 12.8. The van der Waals surface area contributed by atoms with Gasteiger partial charge in [-0.25, -0.2) is 4.39 Å². The van der Waals surface area contributed by atoms with E-state index in [1.54, 1.807) is 13.0 Å². The maximum Gasteiger partial charge on any atom is 0.124 e. The quantitative estimate of drug-likeness (QED) is 0.886. The first kappa shape index (κ1) is 12.6. The van der Waals surface area contributed by atoms with Crippen molar-refractivity contribution in [2.24, 2.45) is 0 Å². The lowest BCUT2D eigenvalue weighted by Crippen LogP contribution is -2.27. The van der Waals surface area contributed by atoms with Crippen molar-refractivity contribution >= 4 is 15.9 Å². The predicted octanol–water partition coefficient (Wildman–Crippen LogP) is 2.62. The van der Waals surface area contributed by atoms with Gasteiger partial charge in [0.05, 0.1) is 6.10 Å². The minimum Gasteiger partial charge on any atom is -0.392 e. The highest BCUT2D eigenvalue weighted by molar-refractivity contribution is 9.10. The molecular weight excluding hydrogens is 261 g/mol. The van der Waals surface area contributed by atoms with Crippen LogP contribution in [0.15, 0.2) is 22.7 Å². The Bertz CT molecular complexity index is 330. The molecule has 0 aliphatic heterocycles. The average molecular weight is 276 g/mol. The van der Waals surface area contributed by atoms with Crippen molar-refractivity contribution in [3.63, 3.8) is 0 Å².